The van der Waals surface area contributed by atoms with Gasteiger partial charge in [0.05, 0.1) is 18.8 Å². The van der Waals surface area contributed by atoms with Crippen LogP contribution in [0, 0.1) is 6.92 Å². The SMILES string of the molecule is Cc1cnn(CC2CCCN2C(C)c2nnc(-c3ccccc3)o2)c1. The van der Waals surface area contributed by atoms with Gasteiger partial charge in [0.25, 0.3) is 0 Å². The molecule has 3 aromatic rings. The van der Waals surface area contributed by atoms with Crippen LogP contribution >= 0.6 is 0 Å². The first-order valence-corrected chi connectivity index (χ1v) is 8.84. The van der Waals surface area contributed by atoms with Gasteiger partial charge in [-0.15, -0.1) is 10.2 Å². The Balaban J connectivity index is 1.50. The number of rotatable bonds is 5. The van der Waals surface area contributed by atoms with Crippen molar-refractivity contribution in [2.45, 2.75) is 45.3 Å². The smallest absolute Gasteiger partial charge is 0.247 e. The van der Waals surface area contributed by atoms with Crippen LogP contribution in [-0.2, 0) is 6.54 Å². The lowest BCUT2D eigenvalue weighted by Crippen LogP contribution is -2.35. The average Bonchev–Trinajstić information content (AvgIpc) is 3.37. The van der Waals surface area contributed by atoms with E-state index in [9.17, 15) is 0 Å². The molecule has 0 N–H and O–H groups in total. The normalized spacial score (nSPS) is 19.4. The van der Waals surface area contributed by atoms with Gasteiger partial charge in [-0.05, 0) is 50.9 Å². The molecular formula is C19H23N5O. The van der Waals surface area contributed by atoms with Gasteiger partial charge in [-0.1, -0.05) is 18.2 Å². The van der Waals surface area contributed by atoms with Gasteiger partial charge in [0, 0.05) is 17.8 Å². The monoisotopic (exact) mass is 337 g/mol. The summed E-state index contributed by atoms with van der Waals surface area (Å²) in [5.74, 6) is 1.27. The molecule has 1 aliphatic heterocycles. The summed E-state index contributed by atoms with van der Waals surface area (Å²) < 4.78 is 8.00. The lowest BCUT2D eigenvalue weighted by Gasteiger charge is -2.28. The van der Waals surface area contributed by atoms with Crippen LogP contribution in [0.3, 0.4) is 0 Å². The minimum absolute atomic E-state index is 0.106. The maximum Gasteiger partial charge on any atom is 0.247 e. The van der Waals surface area contributed by atoms with Crippen molar-refractivity contribution >= 4 is 0 Å². The molecule has 0 radical (unpaired) electrons. The largest absolute Gasteiger partial charge is 0.419 e. The van der Waals surface area contributed by atoms with E-state index in [0.717, 1.165) is 18.7 Å². The molecule has 0 spiro atoms. The zero-order valence-electron chi connectivity index (χ0n) is 14.7. The number of benzene rings is 1. The molecule has 0 bridgehead atoms. The van der Waals surface area contributed by atoms with Crippen molar-refractivity contribution in [1.82, 2.24) is 24.9 Å². The van der Waals surface area contributed by atoms with E-state index in [4.69, 9.17) is 4.42 Å². The predicted octanol–water partition coefficient (Wildman–Crippen LogP) is 3.47. The van der Waals surface area contributed by atoms with E-state index < -0.39 is 0 Å². The van der Waals surface area contributed by atoms with Crippen molar-refractivity contribution in [3.8, 4) is 11.5 Å². The number of nitrogens with zero attached hydrogens (tertiary/aromatic N) is 5. The van der Waals surface area contributed by atoms with Crippen molar-refractivity contribution in [2.24, 2.45) is 0 Å². The standard InChI is InChI=1S/C19H23N5O/c1-14-11-20-23(12-14)13-17-9-6-10-24(17)15(2)18-21-22-19(25-18)16-7-4-3-5-8-16/h3-5,7-8,11-12,15,17H,6,9-10,13H2,1-2H3. The molecule has 0 aliphatic carbocycles. The van der Waals surface area contributed by atoms with Crippen LogP contribution in [0.1, 0.15) is 37.3 Å². The van der Waals surface area contributed by atoms with Crippen LogP contribution in [-0.4, -0.2) is 37.5 Å². The predicted molar refractivity (Wildman–Crippen MR) is 94.8 cm³/mol. The molecule has 130 valence electrons. The number of hydrogen-bond acceptors (Lipinski definition) is 5. The molecule has 6 heteroatoms. The Bertz CT molecular complexity index is 825. The lowest BCUT2D eigenvalue weighted by molar-refractivity contribution is 0.152. The highest BCUT2D eigenvalue weighted by molar-refractivity contribution is 5.51. The van der Waals surface area contributed by atoms with Crippen LogP contribution < -0.4 is 0 Å². The Hall–Kier alpha value is -2.47. The van der Waals surface area contributed by atoms with Crippen LogP contribution in [0.5, 0.6) is 0 Å². The van der Waals surface area contributed by atoms with Crippen molar-refractivity contribution in [1.29, 1.82) is 0 Å². The van der Waals surface area contributed by atoms with Gasteiger partial charge in [0.2, 0.25) is 11.8 Å². The Kier molecular flexibility index (Phi) is 4.36. The summed E-state index contributed by atoms with van der Waals surface area (Å²) in [5.41, 5.74) is 2.15. The highest BCUT2D eigenvalue weighted by Gasteiger charge is 2.32. The van der Waals surface area contributed by atoms with Gasteiger partial charge in [-0.2, -0.15) is 5.10 Å². The molecule has 25 heavy (non-hydrogen) atoms. The molecule has 1 aliphatic rings. The second-order valence-electron chi connectivity index (χ2n) is 6.76. The number of likely N-dealkylation sites (tertiary alicyclic amines) is 1. The highest BCUT2D eigenvalue weighted by Crippen LogP contribution is 2.30. The van der Waals surface area contributed by atoms with Crippen molar-refractivity contribution in [3.63, 3.8) is 0 Å². The first kappa shape index (κ1) is 16.0. The van der Waals surface area contributed by atoms with E-state index in [0.29, 0.717) is 17.8 Å². The topological polar surface area (TPSA) is 60.0 Å². The third-order valence-corrected chi connectivity index (χ3v) is 4.90. The fourth-order valence-electron chi connectivity index (χ4n) is 3.59. The minimum Gasteiger partial charge on any atom is -0.419 e. The molecule has 2 unspecified atom stereocenters. The Morgan fingerprint density at radius 2 is 2.08 bits per heavy atom. The molecule has 0 amide bonds. The molecule has 2 aromatic heterocycles. The molecule has 0 saturated carbocycles. The maximum atomic E-state index is 5.96. The quantitative estimate of drug-likeness (QED) is 0.713. The molecule has 1 saturated heterocycles. The summed E-state index contributed by atoms with van der Waals surface area (Å²) in [5, 5.41) is 13.0. The number of aryl methyl sites for hydroxylation is 1. The minimum atomic E-state index is 0.106. The van der Waals surface area contributed by atoms with Gasteiger partial charge in [-0.25, -0.2) is 0 Å². The first-order valence-electron chi connectivity index (χ1n) is 8.84. The summed E-state index contributed by atoms with van der Waals surface area (Å²) in [7, 11) is 0. The zero-order chi connectivity index (χ0) is 17.2. The van der Waals surface area contributed by atoms with Crippen molar-refractivity contribution in [3.05, 3.63) is 54.2 Å². The summed E-state index contributed by atoms with van der Waals surface area (Å²) in [4.78, 5) is 2.46. The van der Waals surface area contributed by atoms with Gasteiger partial charge in [0.1, 0.15) is 0 Å². The highest BCUT2D eigenvalue weighted by atomic mass is 16.4. The molecule has 3 heterocycles. The number of aromatic nitrogens is 4. The van der Waals surface area contributed by atoms with Gasteiger partial charge < -0.3 is 4.42 Å². The van der Waals surface area contributed by atoms with Crippen LogP contribution in [0.15, 0.2) is 47.1 Å². The maximum absolute atomic E-state index is 5.96. The summed E-state index contributed by atoms with van der Waals surface area (Å²) in [6.45, 7) is 6.17. The van der Waals surface area contributed by atoms with E-state index in [2.05, 4.69) is 40.2 Å². The van der Waals surface area contributed by atoms with E-state index in [1.54, 1.807) is 0 Å². The summed E-state index contributed by atoms with van der Waals surface area (Å²) in [6, 6.07) is 10.5. The van der Waals surface area contributed by atoms with E-state index in [1.807, 2.05) is 41.2 Å². The van der Waals surface area contributed by atoms with Gasteiger partial charge in [0.15, 0.2) is 0 Å². The zero-order valence-corrected chi connectivity index (χ0v) is 14.7. The van der Waals surface area contributed by atoms with Crippen molar-refractivity contribution < 1.29 is 4.42 Å². The second kappa shape index (κ2) is 6.80. The van der Waals surface area contributed by atoms with Crippen LogP contribution in [0.4, 0.5) is 0 Å². The van der Waals surface area contributed by atoms with E-state index >= 15 is 0 Å². The molecule has 6 nitrogen and oxygen atoms in total. The molecule has 1 aromatic carbocycles. The third-order valence-electron chi connectivity index (χ3n) is 4.90. The summed E-state index contributed by atoms with van der Waals surface area (Å²) in [6.07, 6.45) is 6.37. The fourth-order valence-corrected chi connectivity index (χ4v) is 3.59. The van der Waals surface area contributed by atoms with Crippen LogP contribution in [0.25, 0.3) is 11.5 Å². The van der Waals surface area contributed by atoms with Crippen molar-refractivity contribution in [2.75, 3.05) is 6.54 Å². The molecule has 4 rings (SSSR count). The average molecular weight is 337 g/mol. The van der Waals surface area contributed by atoms with Gasteiger partial charge in [-0.3, -0.25) is 9.58 Å². The molecule has 1 fully saturated rings. The molecule has 2 atom stereocenters. The second-order valence-corrected chi connectivity index (χ2v) is 6.76. The molecular weight excluding hydrogens is 314 g/mol. The summed E-state index contributed by atoms with van der Waals surface area (Å²) >= 11 is 0. The van der Waals surface area contributed by atoms with Crippen LogP contribution in [0.2, 0.25) is 0 Å². The van der Waals surface area contributed by atoms with Gasteiger partial charge >= 0.3 is 0 Å². The number of hydrogen-bond donors (Lipinski definition) is 0. The van der Waals surface area contributed by atoms with E-state index in [-0.39, 0.29) is 6.04 Å². The fraction of sp³-hybridized carbons (Fsp3) is 0.421. The first-order chi connectivity index (χ1) is 12.2. The third kappa shape index (κ3) is 3.35. The Labute approximate surface area is 147 Å². The van der Waals surface area contributed by atoms with E-state index in [1.165, 1.54) is 18.4 Å². The lowest BCUT2D eigenvalue weighted by atomic mass is 10.2. The Morgan fingerprint density at radius 3 is 2.84 bits per heavy atom. The Morgan fingerprint density at radius 1 is 1.24 bits per heavy atom.